The van der Waals surface area contributed by atoms with Crippen LogP contribution in [0.5, 0.6) is 5.75 Å². The highest BCUT2D eigenvalue weighted by atomic mass is 19.1. The number of hydrogen-bond acceptors (Lipinski definition) is 2. The van der Waals surface area contributed by atoms with Gasteiger partial charge in [-0.15, -0.1) is 0 Å². The molecule has 0 aromatic heterocycles. The Labute approximate surface area is 120 Å². The van der Waals surface area contributed by atoms with Crippen molar-refractivity contribution in [1.82, 2.24) is 4.90 Å². The van der Waals surface area contributed by atoms with E-state index in [1.807, 2.05) is 0 Å². The van der Waals surface area contributed by atoms with E-state index < -0.39 is 0 Å². The molecule has 3 heteroatoms. The van der Waals surface area contributed by atoms with Crippen LogP contribution in [0.15, 0.2) is 24.3 Å². The van der Waals surface area contributed by atoms with Crippen molar-refractivity contribution >= 4 is 0 Å². The van der Waals surface area contributed by atoms with Crippen molar-refractivity contribution in [3.8, 4) is 5.75 Å². The average Bonchev–Trinajstić information content (AvgIpc) is 3.15. The number of ether oxygens (including phenoxy) is 1. The molecule has 1 aromatic rings. The fraction of sp³-hybridized carbons (Fsp3) is 0.647. The lowest BCUT2D eigenvalue weighted by atomic mass is 9.97. The van der Waals surface area contributed by atoms with E-state index in [1.165, 1.54) is 51.0 Å². The molecule has 1 saturated carbocycles. The summed E-state index contributed by atoms with van der Waals surface area (Å²) in [6.07, 6.45) is 3.87. The van der Waals surface area contributed by atoms with Gasteiger partial charge in [0.2, 0.25) is 0 Å². The third-order valence-corrected chi connectivity index (χ3v) is 4.78. The Balaban J connectivity index is 1.37. The Morgan fingerprint density at radius 2 is 1.85 bits per heavy atom. The summed E-state index contributed by atoms with van der Waals surface area (Å²) in [5.74, 6) is 3.13. The Morgan fingerprint density at radius 1 is 1.20 bits per heavy atom. The van der Waals surface area contributed by atoms with Gasteiger partial charge >= 0.3 is 0 Å². The van der Waals surface area contributed by atoms with Crippen LogP contribution in [-0.4, -0.2) is 31.1 Å². The zero-order chi connectivity index (χ0) is 13.9. The lowest BCUT2D eigenvalue weighted by Crippen LogP contribution is -2.36. The molecule has 0 spiro atoms. The van der Waals surface area contributed by atoms with E-state index >= 15 is 0 Å². The Morgan fingerprint density at radius 3 is 2.45 bits per heavy atom. The van der Waals surface area contributed by atoms with Crippen molar-refractivity contribution in [1.29, 1.82) is 0 Å². The molecule has 110 valence electrons. The van der Waals surface area contributed by atoms with Gasteiger partial charge < -0.3 is 9.64 Å². The van der Waals surface area contributed by atoms with Crippen molar-refractivity contribution in [2.75, 3.05) is 26.2 Å². The van der Waals surface area contributed by atoms with E-state index in [9.17, 15) is 4.39 Å². The molecular weight excluding hydrogens is 253 g/mol. The molecule has 1 aromatic carbocycles. The summed E-state index contributed by atoms with van der Waals surface area (Å²) in [6.45, 7) is 6.83. The van der Waals surface area contributed by atoms with E-state index in [-0.39, 0.29) is 5.82 Å². The monoisotopic (exact) mass is 277 g/mol. The number of nitrogens with zero attached hydrogens (tertiary/aromatic N) is 1. The quantitative estimate of drug-likeness (QED) is 0.816. The SMILES string of the molecule is C[C@H]1C[C@H]1CN1CCC(COc2ccc(F)cc2)CC1. The minimum atomic E-state index is -0.208. The van der Waals surface area contributed by atoms with E-state index in [1.54, 1.807) is 12.1 Å². The summed E-state index contributed by atoms with van der Waals surface area (Å²) in [4.78, 5) is 2.61. The number of hydrogen-bond donors (Lipinski definition) is 0. The van der Waals surface area contributed by atoms with Gasteiger partial charge in [0.25, 0.3) is 0 Å². The van der Waals surface area contributed by atoms with Gasteiger partial charge in [0.1, 0.15) is 11.6 Å². The summed E-state index contributed by atoms with van der Waals surface area (Å²) in [6, 6.07) is 6.32. The molecule has 1 aliphatic carbocycles. The van der Waals surface area contributed by atoms with Gasteiger partial charge in [0.15, 0.2) is 0 Å². The Kier molecular flexibility index (Phi) is 4.25. The topological polar surface area (TPSA) is 12.5 Å². The highest BCUT2D eigenvalue weighted by molar-refractivity contribution is 5.22. The predicted octanol–water partition coefficient (Wildman–Crippen LogP) is 3.57. The minimum Gasteiger partial charge on any atom is -0.493 e. The van der Waals surface area contributed by atoms with Crippen LogP contribution in [0.25, 0.3) is 0 Å². The average molecular weight is 277 g/mol. The van der Waals surface area contributed by atoms with E-state index in [0.29, 0.717) is 5.92 Å². The maximum atomic E-state index is 12.8. The highest BCUT2D eigenvalue weighted by Gasteiger charge is 2.34. The van der Waals surface area contributed by atoms with E-state index in [0.717, 1.165) is 24.2 Å². The van der Waals surface area contributed by atoms with Crippen molar-refractivity contribution in [3.05, 3.63) is 30.1 Å². The summed E-state index contributed by atoms with van der Waals surface area (Å²) in [7, 11) is 0. The second-order valence-electron chi connectivity index (χ2n) is 6.48. The third-order valence-electron chi connectivity index (χ3n) is 4.78. The standard InChI is InChI=1S/C17H24FNO/c1-13-10-15(13)11-19-8-6-14(7-9-19)12-20-17-4-2-16(18)3-5-17/h2-5,13-15H,6-12H2,1H3/t13-,15-/m0/s1. The largest absolute Gasteiger partial charge is 0.493 e. The summed E-state index contributed by atoms with van der Waals surface area (Å²) in [5, 5.41) is 0. The number of benzene rings is 1. The second kappa shape index (κ2) is 6.13. The highest BCUT2D eigenvalue weighted by Crippen LogP contribution is 2.38. The van der Waals surface area contributed by atoms with Crippen molar-refractivity contribution in [3.63, 3.8) is 0 Å². The first-order valence-electron chi connectivity index (χ1n) is 7.81. The summed E-state index contributed by atoms with van der Waals surface area (Å²) < 4.78 is 18.6. The maximum Gasteiger partial charge on any atom is 0.123 e. The molecule has 1 heterocycles. The van der Waals surface area contributed by atoms with Crippen LogP contribution in [0.1, 0.15) is 26.2 Å². The van der Waals surface area contributed by atoms with Gasteiger partial charge in [-0.2, -0.15) is 0 Å². The molecule has 0 N–H and O–H groups in total. The molecule has 0 amide bonds. The van der Waals surface area contributed by atoms with Crippen molar-refractivity contribution in [2.24, 2.45) is 17.8 Å². The van der Waals surface area contributed by atoms with Gasteiger partial charge in [-0.3, -0.25) is 0 Å². The fourth-order valence-electron chi connectivity index (χ4n) is 3.07. The predicted molar refractivity (Wildman–Crippen MR) is 78.3 cm³/mol. The Hall–Kier alpha value is -1.09. The zero-order valence-electron chi connectivity index (χ0n) is 12.2. The first-order valence-corrected chi connectivity index (χ1v) is 7.81. The number of likely N-dealkylation sites (tertiary alicyclic amines) is 1. The molecule has 2 atom stereocenters. The molecule has 2 fully saturated rings. The van der Waals surface area contributed by atoms with Gasteiger partial charge in [-0.25, -0.2) is 4.39 Å². The van der Waals surface area contributed by atoms with Crippen LogP contribution in [0.3, 0.4) is 0 Å². The molecule has 2 aliphatic rings. The van der Waals surface area contributed by atoms with Crippen molar-refractivity contribution in [2.45, 2.75) is 26.2 Å². The van der Waals surface area contributed by atoms with Crippen LogP contribution < -0.4 is 4.74 Å². The van der Waals surface area contributed by atoms with Crippen LogP contribution in [-0.2, 0) is 0 Å². The molecule has 20 heavy (non-hydrogen) atoms. The first kappa shape index (κ1) is 13.9. The van der Waals surface area contributed by atoms with Crippen LogP contribution in [0.2, 0.25) is 0 Å². The maximum absolute atomic E-state index is 12.8. The van der Waals surface area contributed by atoms with E-state index in [2.05, 4.69) is 11.8 Å². The molecule has 0 radical (unpaired) electrons. The molecule has 1 aliphatic heterocycles. The molecule has 3 rings (SSSR count). The van der Waals surface area contributed by atoms with Gasteiger partial charge in [-0.05, 0) is 74.4 Å². The molecule has 0 unspecified atom stereocenters. The summed E-state index contributed by atoms with van der Waals surface area (Å²) in [5.41, 5.74) is 0. The molecule has 2 nitrogen and oxygen atoms in total. The number of piperidine rings is 1. The van der Waals surface area contributed by atoms with Gasteiger partial charge in [-0.1, -0.05) is 6.92 Å². The van der Waals surface area contributed by atoms with Crippen LogP contribution in [0, 0.1) is 23.6 Å². The van der Waals surface area contributed by atoms with E-state index in [4.69, 9.17) is 4.74 Å². The van der Waals surface area contributed by atoms with Crippen LogP contribution >= 0.6 is 0 Å². The van der Waals surface area contributed by atoms with Gasteiger partial charge in [0.05, 0.1) is 6.61 Å². The number of rotatable bonds is 5. The Bertz CT molecular complexity index is 425. The zero-order valence-corrected chi connectivity index (χ0v) is 12.2. The minimum absolute atomic E-state index is 0.208. The summed E-state index contributed by atoms with van der Waals surface area (Å²) >= 11 is 0. The van der Waals surface area contributed by atoms with Crippen molar-refractivity contribution < 1.29 is 9.13 Å². The molecule has 1 saturated heterocycles. The lowest BCUT2D eigenvalue weighted by molar-refractivity contribution is 0.136. The lowest BCUT2D eigenvalue weighted by Gasteiger charge is -2.31. The van der Waals surface area contributed by atoms with Gasteiger partial charge in [0, 0.05) is 6.54 Å². The smallest absolute Gasteiger partial charge is 0.123 e. The molecular formula is C17H24FNO. The third kappa shape index (κ3) is 3.72. The first-order chi connectivity index (χ1) is 9.70. The normalized spacial score (nSPS) is 27.5. The fourth-order valence-corrected chi connectivity index (χ4v) is 3.07. The molecule has 0 bridgehead atoms. The second-order valence-corrected chi connectivity index (χ2v) is 6.48. The number of halogens is 1. The van der Waals surface area contributed by atoms with Crippen LogP contribution in [0.4, 0.5) is 4.39 Å².